The second-order valence-corrected chi connectivity index (χ2v) is 9.31. The van der Waals surface area contributed by atoms with Crippen molar-refractivity contribution in [2.45, 2.75) is 37.8 Å². The highest BCUT2D eigenvalue weighted by Crippen LogP contribution is 2.45. The summed E-state index contributed by atoms with van der Waals surface area (Å²) >= 11 is 0. The first-order chi connectivity index (χ1) is 16.5. The van der Waals surface area contributed by atoms with E-state index in [9.17, 15) is 14.4 Å². The van der Waals surface area contributed by atoms with Crippen LogP contribution in [0.4, 0.5) is 10.5 Å². The highest BCUT2D eigenvalue weighted by molar-refractivity contribution is 6.23. The maximum Gasteiger partial charge on any atom is 0.332 e. The number of para-hydroxylation sites is 1. The van der Waals surface area contributed by atoms with Gasteiger partial charge in [0, 0.05) is 36.2 Å². The summed E-state index contributed by atoms with van der Waals surface area (Å²) < 4.78 is 5.55. The Bertz CT molecular complexity index is 1310. The molecule has 0 radical (unpaired) electrons. The van der Waals surface area contributed by atoms with Gasteiger partial charge < -0.3 is 19.9 Å². The van der Waals surface area contributed by atoms with Gasteiger partial charge in [-0.1, -0.05) is 18.2 Å². The second-order valence-electron chi connectivity index (χ2n) is 9.31. The van der Waals surface area contributed by atoms with Crippen LogP contribution in [0, 0.1) is 0 Å². The smallest absolute Gasteiger partial charge is 0.332 e. The molecule has 0 bridgehead atoms. The van der Waals surface area contributed by atoms with Gasteiger partial charge in [-0.15, -0.1) is 0 Å². The first kappa shape index (κ1) is 20.9. The number of nitrogens with zero attached hydrogens (tertiary/aromatic N) is 2. The van der Waals surface area contributed by atoms with Crippen molar-refractivity contribution in [3.63, 3.8) is 0 Å². The molecule has 0 aliphatic carbocycles. The Morgan fingerprint density at radius 1 is 1.18 bits per heavy atom. The van der Waals surface area contributed by atoms with Crippen molar-refractivity contribution in [2.24, 2.45) is 0 Å². The topological polar surface area (TPSA) is 94.7 Å². The molecule has 2 atom stereocenters. The van der Waals surface area contributed by atoms with Crippen LogP contribution in [0.5, 0.6) is 0 Å². The van der Waals surface area contributed by atoms with Gasteiger partial charge in [0.25, 0.3) is 11.8 Å². The van der Waals surface area contributed by atoms with Gasteiger partial charge in [0.05, 0.1) is 17.5 Å². The fraction of sp³-hybridized carbons (Fsp3) is 0.346. The molecule has 0 saturated carbocycles. The van der Waals surface area contributed by atoms with E-state index in [1.807, 2.05) is 31.2 Å². The number of hydrogen-bond acceptors (Lipinski definition) is 4. The molecular formula is C26H26N4O4. The van der Waals surface area contributed by atoms with Gasteiger partial charge in [0.15, 0.2) is 5.54 Å². The van der Waals surface area contributed by atoms with Gasteiger partial charge in [0.1, 0.15) is 0 Å². The number of carbonyl (C=O) groups is 3. The lowest BCUT2D eigenvalue weighted by Gasteiger charge is -2.35. The first-order valence-corrected chi connectivity index (χ1v) is 11.7. The molecule has 3 aliphatic heterocycles. The highest BCUT2D eigenvalue weighted by atomic mass is 16.5. The molecular weight excluding hydrogens is 432 g/mol. The number of anilines is 1. The quantitative estimate of drug-likeness (QED) is 0.587. The molecule has 174 valence electrons. The largest absolute Gasteiger partial charge is 0.376 e. The molecule has 8 heteroatoms. The van der Waals surface area contributed by atoms with E-state index < -0.39 is 5.54 Å². The van der Waals surface area contributed by atoms with E-state index in [2.05, 4.69) is 10.3 Å². The van der Waals surface area contributed by atoms with Crippen molar-refractivity contribution < 1.29 is 19.1 Å². The van der Waals surface area contributed by atoms with E-state index in [1.54, 1.807) is 29.2 Å². The number of rotatable bonds is 4. The first-order valence-electron chi connectivity index (χ1n) is 11.7. The normalized spacial score (nSPS) is 24.0. The minimum absolute atomic E-state index is 0.0655. The molecule has 0 spiro atoms. The van der Waals surface area contributed by atoms with E-state index in [1.165, 1.54) is 4.90 Å². The van der Waals surface area contributed by atoms with E-state index >= 15 is 0 Å². The molecule has 2 N–H and O–H groups in total. The fourth-order valence-electron chi connectivity index (χ4n) is 5.50. The van der Waals surface area contributed by atoms with Crippen LogP contribution in [0.3, 0.4) is 0 Å². The number of fused-ring (bicyclic) bond motifs is 5. The Balaban J connectivity index is 1.27. The average molecular weight is 459 g/mol. The Kier molecular flexibility index (Phi) is 4.74. The molecule has 2 saturated heterocycles. The van der Waals surface area contributed by atoms with E-state index in [4.69, 9.17) is 4.74 Å². The van der Waals surface area contributed by atoms with E-state index in [0.717, 1.165) is 41.6 Å². The number of aromatic nitrogens is 1. The zero-order valence-corrected chi connectivity index (χ0v) is 19.0. The van der Waals surface area contributed by atoms with Gasteiger partial charge in [-0.3, -0.25) is 9.59 Å². The number of H-pyrrole nitrogens is 1. The molecule has 34 heavy (non-hydrogen) atoms. The highest BCUT2D eigenvalue weighted by Gasteiger charge is 2.59. The molecule has 3 aromatic rings. The zero-order chi connectivity index (χ0) is 23.4. The Morgan fingerprint density at radius 2 is 1.97 bits per heavy atom. The van der Waals surface area contributed by atoms with Gasteiger partial charge in [0.2, 0.25) is 0 Å². The number of nitrogens with one attached hydrogen (secondary N) is 2. The van der Waals surface area contributed by atoms with Crippen molar-refractivity contribution in [3.05, 3.63) is 65.4 Å². The maximum atomic E-state index is 13.7. The number of urea groups is 1. The van der Waals surface area contributed by atoms with Crippen molar-refractivity contribution in [1.82, 2.24) is 15.2 Å². The maximum absolute atomic E-state index is 13.7. The van der Waals surface area contributed by atoms with Gasteiger partial charge in [-0.2, -0.15) is 0 Å². The summed E-state index contributed by atoms with van der Waals surface area (Å²) in [6.45, 7) is 3.50. The summed E-state index contributed by atoms with van der Waals surface area (Å²) in [6.07, 6.45) is 2.72. The fourth-order valence-corrected chi connectivity index (χ4v) is 5.50. The molecule has 6 rings (SSSR count). The van der Waals surface area contributed by atoms with Crippen molar-refractivity contribution in [3.8, 4) is 0 Å². The minimum atomic E-state index is -1.10. The third kappa shape index (κ3) is 2.98. The number of amides is 4. The van der Waals surface area contributed by atoms with Crippen LogP contribution in [0.15, 0.2) is 48.5 Å². The number of aromatic amines is 1. The SMILES string of the molecule is C[C@]12C(=O)N(c3ccc(C(=O)NC[C@H]4CCCO4)cc3)C(=O)N1CCc1c2[nH]c2ccccc12. The number of carbonyl (C=O) groups excluding carboxylic acids is 3. The molecule has 2 fully saturated rings. The van der Waals surface area contributed by atoms with Crippen molar-refractivity contribution in [2.75, 3.05) is 24.6 Å². The van der Waals surface area contributed by atoms with E-state index in [-0.39, 0.29) is 23.9 Å². The molecule has 3 aliphatic rings. The third-order valence-electron chi connectivity index (χ3n) is 7.37. The molecule has 4 heterocycles. The Morgan fingerprint density at radius 3 is 2.74 bits per heavy atom. The van der Waals surface area contributed by atoms with Crippen LogP contribution in [-0.4, -0.2) is 53.5 Å². The molecule has 8 nitrogen and oxygen atoms in total. The second kappa shape index (κ2) is 7.70. The van der Waals surface area contributed by atoms with Gasteiger partial charge in [-0.25, -0.2) is 9.69 Å². The van der Waals surface area contributed by atoms with Gasteiger partial charge >= 0.3 is 6.03 Å². The summed E-state index contributed by atoms with van der Waals surface area (Å²) in [7, 11) is 0. The van der Waals surface area contributed by atoms with Crippen LogP contribution in [0.2, 0.25) is 0 Å². The predicted molar refractivity (Wildman–Crippen MR) is 127 cm³/mol. The Hall–Kier alpha value is -3.65. The molecule has 1 aromatic heterocycles. The minimum Gasteiger partial charge on any atom is -0.376 e. The van der Waals surface area contributed by atoms with Crippen LogP contribution in [-0.2, 0) is 21.5 Å². The zero-order valence-electron chi connectivity index (χ0n) is 19.0. The summed E-state index contributed by atoms with van der Waals surface area (Å²) in [5.41, 5.74) is 2.68. The number of ether oxygens (including phenoxy) is 1. The van der Waals surface area contributed by atoms with Crippen LogP contribution in [0.25, 0.3) is 10.9 Å². The third-order valence-corrected chi connectivity index (χ3v) is 7.37. The summed E-state index contributed by atoms with van der Waals surface area (Å²) in [5.74, 6) is -0.492. The predicted octanol–water partition coefficient (Wildman–Crippen LogP) is 3.32. The lowest BCUT2D eigenvalue weighted by molar-refractivity contribution is -0.125. The average Bonchev–Trinajstić information content (AvgIpc) is 3.55. The van der Waals surface area contributed by atoms with Crippen LogP contribution in [0.1, 0.15) is 41.4 Å². The summed E-state index contributed by atoms with van der Waals surface area (Å²) in [6, 6.07) is 14.2. The van der Waals surface area contributed by atoms with Gasteiger partial charge in [-0.05, 0) is 62.1 Å². The monoisotopic (exact) mass is 458 g/mol. The summed E-state index contributed by atoms with van der Waals surface area (Å²) in [4.78, 5) is 45.9. The van der Waals surface area contributed by atoms with Crippen molar-refractivity contribution >= 4 is 34.4 Å². The number of imide groups is 1. The molecule has 4 amide bonds. The Labute approximate surface area is 196 Å². The molecule has 2 aromatic carbocycles. The number of hydrogen-bond donors (Lipinski definition) is 2. The summed E-state index contributed by atoms with van der Waals surface area (Å²) in [5, 5.41) is 3.99. The lowest BCUT2D eigenvalue weighted by atomic mass is 9.87. The standard InChI is InChI=1S/C26H26N4O4/c1-26-22-20(19-6-2-3-7-21(19)28-22)12-13-29(26)25(33)30(24(26)32)17-10-8-16(9-11-17)23(31)27-15-18-5-4-14-34-18/h2-3,6-11,18,28H,4-5,12-15H2,1H3,(H,27,31)/t18-,26+/m1/s1. The lowest BCUT2D eigenvalue weighted by Crippen LogP contribution is -2.49. The van der Waals surface area contributed by atoms with Crippen LogP contribution < -0.4 is 10.2 Å². The molecule has 0 unspecified atom stereocenters. The van der Waals surface area contributed by atoms with E-state index in [0.29, 0.717) is 30.8 Å². The number of benzene rings is 2. The van der Waals surface area contributed by atoms with Crippen molar-refractivity contribution in [1.29, 1.82) is 0 Å². The van der Waals surface area contributed by atoms with Crippen LogP contribution >= 0.6 is 0 Å².